The van der Waals surface area contributed by atoms with Crippen LogP contribution >= 0.6 is 19.2 Å². The number of nitrogens with zero attached hydrogens (tertiary/aromatic N) is 4. The zero-order chi connectivity index (χ0) is 23.5. The van der Waals surface area contributed by atoms with Crippen molar-refractivity contribution >= 4 is 36.3 Å². The zero-order valence-electron chi connectivity index (χ0n) is 18.8. The van der Waals surface area contributed by atoms with E-state index in [1.807, 2.05) is 72.4 Å². The van der Waals surface area contributed by atoms with E-state index in [0.29, 0.717) is 13.1 Å². The van der Waals surface area contributed by atoms with Gasteiger partial charge in [-0.15, -0.1) is 0 Å². The molecule has 2 aliphatic rings. The van der Waals surface area contributed by atoms with Crippen LogP contribution in [0.3, 0.4) is 0 Å². The summed E-state index contributed by atoms with van der Waals surface area (Å²) in [6.07, 6.45) is 0. The Morgan fingerprint density at radius 2 is 1.26 bits per heavy atom. The van der Waals surface area contributed by atoms with Crippen molar-refractivity contribution in [3.05, 3.63) is 101 Å². The molecule has 0 saturated carbocycles. The Balaban J connectivity index is 1.68. The Hall–Kier alpha value is -2.80. The fraction of sp³-hybridized carbons (Fsp3) is 0.280. The van der Waals surface area contributed by atoms with Gasteiger partial charge in [-0.05, 0) is 29.8 Å². The number of thioether (sulfide) groups is 1. The second kappa shape index (κ2) is 9.82. The maximum Gasteiger partial charge on any atom is 0.284 e. The van der Waals surface area contributed by atoms with E-state index in [0.717, 1.165) is 41.5 Å². The molecular weight excluding hydrogens is 467 g/mol. The topological polar surface area (TPSA) is 69.9 Å². The molecule has 3 aromatic rings. The number of nitro benzene ring substituents is 1. The summed E-state index contributed by atoms with van der Waals surface area (Å²) in [7, 11) is -3.26. The van der Waals surface area contributed by atoms with Crippen molar-refractivity contribution < 1.29 is 9.49 Å². The minimum atomic E-state index is -3.26. The van der Waals surface area contributed by atoms with Crippen LogP contribution in [0.2, 0.25) is 0 Å². The summed E-state index contributed by atoms with van der Waals surface area (Å²) in [5.74, 6) is 1.54. The van der Waals surface area contributed by atoms with E-state index in [1.54, 1.807) is 12.1 Å². The number of rotatable bonds is 6. The van der Waals surface area contributed by atoms with Gasteiger partial charge < -0.3 is 9.34 Å². The van der Waals surface area contributed by atoms with E-state index in [-0.39, 0.29) is 10.6 Å². The van der Waals surface area contributed by atoms with Crippen LogP contribution in [-0.2, 0) is 4.57 Å². The van der Waals surface area contributed by atoms with Gasteiger partial charge in [-0.25, -0.2) is 0 Å². The molecule has 0 amide bonds. The molecule has 7 nitrogen and oxygen atoms in total. The van der Waals surface area contributed by atoms with E-state index in [2.05, 4.69) is 14.2 Å². The van der Waals surface area contributed by atoms with Crippen molar-refractivity contribution in [2.45, 2.75) is 5.78 Å². The molecule has 9 heteroatoms. The van der Waals surface area contributed by atoms with Gasteiger partial charge in [-0.3, -0.25) is 19.6 Å². The first-order valence-electron chi connectivity index (χ1n) is 11.4. The number of anilines is 2. The van der Waals surface area contributed by atoms with Gasteiger partial charge in [-0.1, -0.05) is 48.5 Å². The van der Waals surface area contributed by atoms with Crippen molar-refractivity contribution in [1.29, 1.82) is 0 Å². The van der Waals surface area contributed by atoms with Crippen LogP contribution in [0, 0.1) is 10.1 Å². The predicted octanol–water partition coefficient (Wildman–Crippen LogP) is 5.86. The van der Waals surface area contributed by atoms with E-state index in [9.17, 15) is 10.1 Å². The molecular formula is C25H27N4O3PS. The van der Waals surface area contributed by atoms with Gasteiger partial charge in [0.15, 0.2) is 0 Å². The van der Waals surface area contributed by atoms with E-state index in [1.165, 1.54) is 12.1 Å². The second-order valence-corrected chi connectivity index (χ2v) is 12.2. The summed E-state index contributed by atoms with van der Waals surface area (Å²) in [4.78, 5) is 13.2. The van der Waals surface area contributed by atoms with Crippen LogP contribution in [0.5, 0.6) is 0 Å². The van der Waals surface area contributed by atoms with Crippen molar-refractivity contribution in [2.75, 3.05) is 47.0 Å². The number of non-ortho nitro benzene ring substituents is 1. The van der Waals surface area contributed by atoms with Crippen molar-refractivity contribution in [2.24, 2.45) is 0 Å². The standard InChI is InChI=1S/C25H27N4O3PS/c30-29(31)24-13-11-21(12-14-24)25(26-17-19-34-20-18-26)33(32)27(22-7-3-1-4-8-22)15-16-28(33)23-9-5-2-6-10-23/h1-14,25H,15-20H2. The summed E-state index contributed by atoms with van der Waals surface area (Å²) >= 11 is 1.91. The zero-order valence-corrected chi connectivity index (χ0v) is 20.5. The van der Waals surface area contributed by atoms with Crippen LogP contribution < -0.4 is 9.34 Å². The lowest BCUT2D eigenvalue weighted by Gasteiger charge is -2.44. The Morgan fingerprint density at radius 1 is 0.765 bits per heavy atom. The molecule has 2 heterocycles. The minimum absolute atomic E-state index is 0.0428. The Labute approximate surface area is 204 Å². The molecule has 0 aliphatic carbocycles. The average molecular weight is 495 g/mol. The maximum absolute atomic E-state index is 15.6. The van der Waals surface area contributed by atoms with Gasteiger partial charge in [-0.2, -0.15) is 11.8 Å². The number of nitro groups is 1. The first-order valence-corrected chi connectivity index (χ1v) is 14.2. The molecule has 0 spiro atoms. The second-order valence-electron chi connectivity index (χ2n) is 8.38. The Bertz CT molecular complexity index is 1120. The highest BCUT2D eigenvalue weighted by atomic mass is 32.2. The summed E-state index contributed by atoms with van der Waals surface area (Å²) in [5.41, 5.74) is 2.76. The summed E-state index contributed by atoms with van der Waals surface area (Å²) in [6, 6.07) is 26.5. The lowest BCUT2D eigenvalue weighted by atomic mass is 10.2. The van der Waals surface area contributed by atoms with Gasteiger partial charge in [0, 0.05) is 61.2 Å². The molecule has 34 heavy (non-hydrogen) atoms. The van der Waals surface area contributed by atoms with Crippen molar-refractivity contribution in [3.8, 4) is 0 Å². The molecule has 1 unspecified atom stereocenters. The van der Waals surface area contributed by atoms with Gasteiger partial charge in [0.05, 0.1) is 4.92 Å². The highest BCUT2D eigenvalue weighted by Gasteiger charge is 2.52. The molecule has 0 aromatic heterocycles. The molecule has 5 rings (SSSR count). The number of para-hydroxylation sites is 2. The van der Waals surface area contributed by atoms with Crippen LogP contribution in [0.1, 0.15) is 11.3 Å². The smallest absolute Gasteiger partial charge is 0.284 e. The minimum Gasteiger partial charge on any atom is -0.304 e. The van der Waals surface area contributed by atoms with Crippen LogP contribution in [0.4, 0.5) is 17.1 Å². The normalized spacial score (nSPS) is 19.2. The van der Waals surface area contributed by atoms with Crippen molar-refractivity contribution in [1.82, 2.24) is 4.90 Å². The molecule has 176 valence electrons. The van der Waals surface area contributed by atoms with Gasteiger partial charge in [0.2, 0.25) is 0 Å². The number of hydrogen-bond donors (Lipinski definition) is 0. The molecule has 0 radical (unpaired) electrons. The highest BCUT2D eigenvalue weighted by Crippen LogP contribution is 2.69. The molecule has 0 bridgehead atoms. The van der Waals surface area contributed by atoms with Gasteiger partial charge in [0.25, 0.3) is 13.1 Å². The molecule has 2 saturated heterocycles. The first kappa shape index (κ1) is 23.0. The van der Waals surface area contributed by atoms with Gasteiger partial charge in [0.1, 0.15) is 5.78 Å². The molecule has 1 atom stereocenters. The van der Waals surface area contributed by atoms with E-state index in [4.69, 9.17) is 0 Å². The largest absolute Gasteiger partial charge is 0.304 e. The van der Waals surface area contributed by atoms with E-state index < -0.39 is 13.2 Å². The van der Waals surface area contributed by atoms with Crippen LogP contribution in [0.25, 0.3) is 0 Å². The van der Waals surface area contributed by atoms with Crippen LogP contribution in [0.15, 0.2) is 84.9 Å². The quantitative estimate of drug-likeness (QED) is 0.241. The fourth-order valence-corrected chi connectivity index (χ4v) is 9.49. The molecule has 2 aliphatic heterocycles. The lowest BCUT2D eigenvalue weighted by Crippen LogP contribution is -2.40. The van der Waals surface area contributed by atoms with E-state index >= 15 is 4.57 Å². The average Bonchev–Trinajstić information content (AvgIpc) is 3.23. The molecule has 2 fully saturated rings. The van der Waals surface area contributed by atoms with Crippen molar-refractivity contribution in [3.63, 3.8) is 0 Å². The number of benzene rings is 3. The third-order valence-electron chi connectivity index (χ3n) is 6.44. The van der Waals surface area contributed by atoms with Gasteiger partial charge >= 0.3 is 0 Å². The molecule has 3 aromatic carbocycles. The Kier molecular flexibility index (Phi) is 6.63. The van der Waals surface area contributed by atoms with Crippen LogP contribution in [-0.4, -0.2) is 47.5 Å². The number of hydrogen-bond acceptors (Lipinski definition) is 5. The summed E-state index contributed by atoms with van der Waals surface area (Å²) in [5, 5.41) is 11.3. The summed E-state index contributed by atoms with van der Waals surface area (Å²) < 4.78 is 19.7. The maximum atomic E-state index is 15.6. The third kappa shape index (κ3) is 4.22. The summed E-state index contributed by atoms with van der Waals surface area (Å²) in [6.45, 7) is 2.92. The first-order chi connectivity index (χ1) is 16.6. The predicted molar refractivity (Wildman–Crippen MR) is 140 cm³/mol. The molecule has 0 N–H and O–H groups in total. The SMILES string of the molecule is O=[N+]([O-])c1ccc(C(N2CCSCC2)P2(=O)N(c3ccccc3)CCN2c2ccccc2)cc1. The highest BCUT2D eigenvalue weighted by molar-refractivity contribution is 7.99. The lowest BCUT2D eigenvalue weighted by molar-refractivity contribution is -0.384. The third-order valence-corrected chi connectivity index (χ3v) is 10.9. The fourth-order valence-electron chi connectivity index (χ4n) is 4.87. The monoisotopic (exact) mass is 494 g/mol. The Morgan fingerprint density at radius 3 is 1.74 bits per heavy atom.